The van der Waals surface area contributed by atoms with Crippen LogP contribution in [0.2, 0.25) is 5.02 Å². The molecule has 1 aromatic carbocycles. The molecule has 0 atom stereocenters. The van der Waals surface area contributed by atoms with Gasteiger partial charge < -0.3 is 10.1 Å². The fourth-order valence-corrected chi connectivity index (χ4v) is 2.26. The average Bonchev–Trinajstić information content (AvgIpc) is 2.96. The lowest BCUT2D eigenvalue weighted by molar-refractivity contribution is -0.274. The normalized spacial score (nSPS) is 11.5. The molecule has 3 rings (SSSR count). The quantitative estimate of drug-likeness (QED) is 0.762. The molecule has 0 radical (unpaired) electrons. The highest BCUT2D eigenvalue weighted by molar-refractivity contribution is 6.32. The second kappa shape index (κ2) is 6.55. The van der Waals surface area contributed by atoms with Crippen molar-refractivity contribution in [2.45, 2.75) is 12.9 Å². The van der Waals surface area contributed by atoms with Gasteiger partial charge in [-0.1, -0.05) is 11.6 Å². The number of rotatable bonds is 4. The van der Waals surface area contributed by atoms with Crippen LogP contribution in [0.25, 0.3) is 5.52 Å². The van der Waals surface area contributed by atoms with Gasteiger partial charge in [0.05, 0.1) is 11.6 Å². The van der Waals surface area contributed by atoms with Crippen molar-refractivity contribution in [1.29, 1.82) is 0 Å². The van der Waals surface area contributed by atoms with Gasteiger partial charge >= 0.3 is 6.36 Å². The number of benzene rings is 1. The molecular formula is C14H9ClF3N5O2. The molecule has 0 spiro atoms. The number of carbonyl (C=O) groups excluding carboxylic acids is 1. The Morgan fingerprint density at radius 3 is 2.84 bits per heavy atom. The molecule has 2 heterocycles. The van der Waals surface area contributed by atoms with Crippen LogP contribution in [0.1, 0.15) is 16.1 Å². The van der Waals surface area contributed by atoms with E-state index in [9.17, 15) is 18.0 Å². The summed E-state index contributed by atoms with van der Waals surface area (Å²) >= 11 is 5.72. The van der Waals surface area contributed by atoms with Crippen LogP contribution >= 0.6 is 11.6 Å². The van der Waals surface area contributed by atoms with Crippen molar-refractivity contribution < 1.29 is 22.7 Å². The third-order valence-electron chi connectivity index (χ3n) is 3.11. The zero-order chi connectivity index (χ0) is 18.0. The molecule has 1 N–H and O–H groups in total. The fourth-order valence-electron chi connectivity index (χ4n) is 2.04. The number of alkyl halides is 3. The zero-order valence-corrected chi connectivity index (χ0v) is 13.0. The van der Waals surface area contributed by atoms with Gasteiger partial charge in [-0.15, -0.1) is 22.9 Å². The Labute approximate surface area is 143 Å². The molecule has 0 saturated heterocycles. The van der Waals surface area contributed by atoms with E-state index < -0.39 is 18.0 Å². The van der Waals surface area contributed by atoms with Gasteiger partial charge in [0, 0.05) is 11.8 Å². The van der Waals surface area contributed by atoms with Crippen LogP contribution in [-0.2, 0) is 6.54 Å². The van der Waals surface area contributed by atoms with Crippen LogP contribution in [0.3, 0.4) is 0 Å². The van der Waals surface area contributed by atoms with E-state index in [4.69, 9.17) is 11.6 Å². The third-order valence-corrected chi connectivity index (χ3v) is 3.41. The summed E-state index contributed by atoms with van der Waals surface area (Å²) in [4.78, 5) is 12.1. The van der Waals surface area contributed by atoms with Crippen molar-refractivity contribution in [3.05, 3.63) is 52.8 Å². The summed E-state index contributed by atoms with van der Waals surface area (Å²) in [7, 11) is 0. The standard InChI is InChI=1S/C14H9ClF3N5O2/c15-9-6-8(3-4-12(9)25-14(16,17)18)13(24)19-7-10-11-2-1-5-20-23(11)22-21-10/h1-6H,7H2,(H,19,24). The monoisotopic (exact) mass is 371 g/mol. The highest BCUT2D eigenvalue weighted by Crippen LogP contribution is 2.30. The van der Waals surface area contributed by atoms with E-state index in [-0.39, 0.29) is 17.1 Å². The fraction of sp³-hybridized carbons (Fsp3) is 0.143. The number of hydrogen-bond donors (Lipinski definition) is 1. The summed E-state index contributed by atoms with van der Waals surface area (Å²) in [6, 6.07) is 6.66. The first-order valence-electron chi connectivity index (χ1n) is 6.82. The molecule has 7 nitrogen and oxygen atoms in total. The zero-order valence-electron chi connectivity index (χ0n) is 12.3. The molecule has 11 heteroatoms. The van der Waals surface area contributed by atoms with Gasteiger partial charge in [-0.3, -0.25) is 4.79 Å². The maximum Gasteiger partial charge on any atom is 0.573 e. The highest BCUT2D eigenvalue weighted by atomic mass is 35.5. The van der Waals surface area contributed by atoms with E-state index in [1.807, 2.05) is 0 Å². The van der Waals surface area contributed by atoms with Crippen molar-refractivity contribution in [3.63, 3.8) is 0 Å². The number of aromatic nitrogens is 4. The average molecular weight is 372 g/mol. The molecule has 3 aromatic rings. The number of nitrogens with one attached hydrogen (secondary N) is 1. The van der Waals surface area contributed by atoms with Crippen molar-refractivity contribution in [2.24, 2.45) is 0 Å². The number of hydrogen-bond acceptors (Lipinski definition) is 5. The number of carbonyl (C=O) groups is 1. The van der Waals surface area contributed by atoms with E-state index in [2.05, 4.69) is 25.5 Å². The molecule has 0 unspecified atom stereocenters. The van der Waals surface area contributed by atoms with Gasteiger partial charge in [0.15, 0.2) is 0 Å². The van der Waals surface area contributed by atoms with Crippen molar-refractivity contribution in [1.82, 2.24) is 25.4 Å². The molecule has 0 aliphatic carbocycles. The van der Waals surface area contributed by atoms with Crippen LogP contribution in [0.5, 0.6) is 5.75 Å². The summed E-state index contributed by atoms with van der Waals surface area (Å²) in [6.07, 6.45) is -3.33. The first kappa shape index (κ1) is 17.0. The maximum absolute atomic E-state index is 12.2. The van der Waals surface area contributed by atoms with E-state index in [1.165, 1.54) is 16.9 Å². The predicted molar refractivity (Wildman–Crippen MR) is 80.1 cm³/mol. The summed E-state index contributed by atoms with van der Waals surface area (Å²) in [6.45, 7) is 0.0620. The van der Waals surface area contributed by atoms with Crippen LogP contribution in [-0.4, -0.2) is 32.3 Å². The molecule has 0 fully saturated rings. The molecule has 0 bridgehead atoms. The van der Waals surface area contributed by atoms with Gasteiger partial charge in [-0.2, -0.15) is 5.10 Å². The second-order valence-corrected chi connectivity index (χ2v) is 5.22. The molecule has 2 aromatic heterocycles. The molecular weight excluding hydrogens is 363 g/mol. The van der Waals surface area contributed by atoms with Gasteiger partial charge in [0.25, 0.3) is 5.91 Å². The number of halogens is 4. The van der Waals surface area contributed by atoms with Crippen LogP contribution in [0.15, 0.2) is 36.5 Å². The minimum Gasteiger partial charge on any atom is -0.404 e. The second-order valence-electron chi connectivity index (χ2n) is 4.81. The lowest BCUT2D eigenvalue weighted by atomic mass is 10.2. The first-order chi connectivity index (χ1) is 11.8. The molecule has 1 amide bonds. The Kier molecular flexibility index (Phi) is 4.45. The largest absolute Gasteiger partial charge is 0.573 e. The highest BCUT2D eigenvalue weighted by Gasteiger charge is 2.32. The summed E-state index contributed by atoms with van der Waals surface area (Å²) in [5, 5.41) is 13.9. The number of fused-ring (bicyclic) bond motifs is 1. The first-order valence-corrected chi connectivity index (χ1v) is 7.20. The molecule has 0 aliphatic rings. The summed E-state index contributed by atoms with van der Waals surface area (Å²) in [5.74, 6) is -1.12. The Balaban J connectivity index is 1.70. The number of amides is 1. The Morgan fingerprint density at radius 2 is 2.12 bits per heavy atom. The lowest BCUT2D eigenvalue weighted by Crippen LogP contribution is -2.23. The van der Waals surface area contributed by atoms with Gasteiger partial charge in [0.1, 0.15) is 17.0 Å². The van der Waals surface area contributed by atoms with Gasteiger partial charge in [-0.25, -0.2) is 0 Å². The Morgan fingerprint density at radius 1 is 1.32 bits per heavy atom. The van der Waals surface area contributed by atoms with Gasteiger partial charge in [0.2, 0.25) is 0 Å². The van der Waals surface area contributed by atoms with E-state index in [0.717, 1.165) is 12.1 Å². The molecule has 25 heavy (non-hydrogen) atoms. The Hall–Kier alpha value is -2.88. The molecule has 0 saturated carbocycles. The van der Waals surface area contributed by atoms with Crippen LogP contribution < -0.4 is 10.1 Å². The van der Waals surface area contributed by atoms with Crippen LogP contribution in [0.4, 0.5) is 13.2 Å². The SMILES string of the molecule is O=C(NCc1nnn2ncccc12)c1ccc(OC(F)(F)F)c(Cl)c1. The molecule has 0 aliphatic heterocycles. The van der Waals surface area contributed by atoms with E-state index >= 15 is 0 Å². The minimum absolute atomic E-state index is 0.0620. The lowest BCUT2D eigenvalue weighted by Gasteiger charge is -2.11. The summed E-state index contributed by atoms with van der Waals surface area (Å²) in [5.41, 5.74) is 1.19. The molecule has 130 valence electrons. The minimum atomic E-state index is -4.86. The third kappa shape index (κ3) is 3.97. The topological polar surface area (TPSA) is 81.4 Å². The van der Waals surface area contributed by atoms with E-state index in [1.54, 1.807) is 12.1 Å². The predicted octanol–water partition coefficient (Wildman–Crippen LogP) is 2.61. The number of nitrogens with zero attached hydrogens (tertiary/aromatic N) is 4. The Bertz CT molecular complexity index is 928. The summed E-state index contributed by atoms with van der Waals surface area (Å²) < 4.78 is 41.7. The van der Waals surface area contributed by atoms with Crippen molar-refractivity contribution >= 4 is 23.0 Å². The van der Waals surface area contributed by atoms with Crippen molar-refractivity contribution in [2.75, 3.05) is 0 Å². The number of ether oxygens (including phenoxy) is 1. The van der Waals surface area contributed by atoms with Gasteiger partial charge in [-0.05, 0) is 35.5 Å². The van der Waals surface area contributed by atoms with Crippen LogP contribution in [0, 0.1) is 0 Å². The maximum atomic E-state index is 12.2. The van der Waals surface area contributed by atoms with Crippen molar-refractivity contribution in [3.8, 4) is 5.75 Å². The van der Waals surface area contributed by atoms with E-state index in [0.29, 0.717) is 11.2 Å². The smallest absolute Gasteiger partial charge is 0.404 e.